The lowest BCUT2D eigenvalue weighted by atomic mass is 10.1. The third-order valence-electron chi connectivity index (χ3n) is 7.31. The minimum atomic E-state index is -0.382. The number of carbonyl (C=O) groups excluding carboxylic acids is 1. The number of anilines is 2. The summed E-state index contributed by atoms with van der Waals surface area (Å²) in [6.07, 6.45) is 2.64. The van der Waals surface area contributed by atoms with Crippen LogP contribution in [0.25, 0.3) is 27.6 Å². The fourth-order valence-corrected chi connectivity index (χ4v) is 6.03. The first-order chi connectivity index (χ1) is 19.9. The lowest BCUT2D eigenvalue weighted by molar-refractivity contribution is 0.0979. The lowest BCUT2D eigenvalue weighted by Gasteiger charge is -2.36. The molecule has 12 nitrogen and oxygen atoms in total. The van der Waals surface area contributed by atoms with Crippen molar-refractivity contribution in [1.29, 1.82) is 0 Å². The smallest absolute Gasteiger partial charge is 0.309 e. The highest BCUT2D eigenvalue weighted by Crippen LogP contribution is 2.26. The summed E-state index contributed by atoms with van der Waals surface area (Å²) < 4.78 is 24.0. The average molecular weight is 580 g/mol. The number of rotatable bonds is 10. The Morgan fingerprint density at radius 3 is 2.71 bits per heavy atom. The van der Waals surface area contributed by atoms with Gasteiger partial charge < -0.3 is 20.4 Å². The van der Waals surface area contributed by atoms with Crippen LogP contribution >= 0.6 is 11.3 Å². The highest BCUT2D eigenvalue weighted by atomic mass is 32.1. The maximum atomic E-state index is 14.9. The number of Topliss-reactive ketones (excluding diaryl/α,β-unsaturated/α-hetero) is 1. The van der Waals surface area contributed by atoms with Crippen molar-refractivity contribution in [3.63, 3.8) is 0 Å². The number of carbonyl (C=O) groups is 1. The molecule has 1 saturated heterocycles. The third-order valence-corrected chi connectivity index (χ3v) is 8.28. The number of hydrogen-bond donors (Lipinski definition) is 2. The van der Waals surface area contributed by atoms with Gasteiger partial charge in [0.15, 0.2) is 22.8 Å². The molecule has 0 atom stereocenters. The van der Waals surface area contributed by atoms with E-state index < -0.39 is 0 Å². The number of hydrogen-bond acceptors (Lipinski definition) is 11. The van der Waals surface area contributed by atoms with E-state index in [9.17, 15) is 14.0 Å². The Kier molecular flexibility index (Phi) is 7.51. The van der Waals surface area contributed by atoms with Crippen molar-refractivity contribution in [3.8, 4) is 11.6 Å². The number of nitrogens with one attached hydrogen (secondary N) is 1. The van der Waals surface area contributed by atoms with E-state index in [2.05, 4.69) is 25.3 Å². The number of nitrogens with two attached hydrogens (primary N) is 1. The van der Waals surface area contributed by atoms with E-state index >= 15 is 0 Å². The molecule has 0 saturated carbocycles. The molecule has 214 valence electrons. The van der Waals surface area contributed by atoms with Crippen LogP contribution in [0.4, 0.5) is 16.0 Å². The summed E-state index contributed by atoms with van der Waals surface area (Å²) in [5, 5.41) is 7.40. The maximum absolute atomic E-state index is 14.9. The van der Waals surface area contributed by atoms with Gasteiger partial charge in [0.2, 0.25) is 11.8 Å². The van der Waals surface area contributed by atoms with Gasteiger partial charge in [-0.25, -0.2) is 9.37 Å². The van der Waals surface area contributed by atoms with Crippen LogP contribution < -0.4 is 20.8 Å². The molecule has 0 bridgehead atoms. The van der Waals surface area contributed by atoms with Crippen LogP contribution in [0.2, 0.25) is 0 Å². The molecule has 41 heavy (non-hydrogen) atoms. The van der Waals surface area contributed by atoms with Crippen molar-refractivity contribution >= 4 is 44.8 Å². The molecule has 3 N–H and O–H groups in total. The van der Waals surface area contributed by atoms with Crippen LogP contribution in [-0.2, 0) is 6.54 Å². The molecule has 6 rings (SSSR count). The van der Waals surface area contributed by atoms with Crippen LogP contribution in [0.3, 0.4) is 0 Å². The van der Waals surface area contributed by atoms with Gasteiger partial charge in [-0.15, -0.1) is 5.10 Å². The fourth-order valence-electron chi connectivity index (χ4n) is 5.10. The van der Waals surface area contributed by atoms with Gasteiger partial charge in [-0.1, -0.05) is 11.3 Å². The number of ketones is 1. The molecule has 1 aliphatic heterocycles. The first kappa shape index (κ1) is 27.1. The molecule has 0 unspecified atom stereocenters. The van der Waals surface area contributed by atoms with E-state index in [0.717, 1.165) is 24.3 Å². The number of aromatic nitrogens is 5. The number of piperazine rings is 1. The largest absolute Gasteiger partial charge is 0.461 e. The van der Waals surface area contributed by atoms with E-state index in [1.807, 2.05) is 11.9 Å². The zero-order valence-corrected chi connectivity index (χ0v) is 23.4. The molecular weight excluding hydrogens is 549 g/mol. The van der Waals surface area contributed by atoms with Crippen molar-refractivity contribution in [2.45, 2.75) is 19.4 Å². The molecule has 14 heteroatoms. The average Bonchev–Trinajstić information content (AvgIpc) is 3.72. The molecule has 4 aromatic heterocycles. The van der Waals surface area contributed by atoms with Gasteiger partial charge in [-0.05, 0) is 50.3 Å². The van der Waals surface area contributed by atoms with Crippen LogP contribution in [0.1, 0.15) is 23.2 Å². The maximum Gasteiger partial charge on any atom is 0.309 e. The van der Waals surface area contributed by atoms with Gasteiger partial charge in [0.05, 0.1) is 12.0 Å². The van der Waals surface area contributed by atoms with Gasteiger partial charge >= 0.3 is 4.87 Å². The lowest BCUT2D eigenvalue weighted by Crippen LogP contribution is -2.47. The molecule has 1 aliphatic rings. The van der Waals surface area contributed by atoms with Crippen LogP contribution in [0.5, 0.6) is 0 Å². The topological polar surface area (TPSA) is 140 Å². The minimum Gasteiger partial charge on any atom is -0.461 e. The molecule has 5 aromatic rings. The summed E-state index contributed by atoms with van der Waals surface area (Å²) in [7, 11) is 1.84. The summed E-state index contributed by atoms with van der Waals surface area (Å²) >= 11 is 1.06. The summed E-state index contributed by atoms with van der Waals surface area (Å²) in [4.78, 5) is 38.4. The Bertz CT molecular complexity index is 1750. The predicted molar refractivity (Wildman–Crippen MR) is 155 cm³/mol. The highest BCUT2D eigenvalue weighted by Gasteiger charge is 2.23. The predicted octanol–water partition coefficient (Wildman–Crippen LogP) is 2.49. The number of nitrogens with zero attached hydrogens (tertiary/aromatic N) is 7. The normalized spacial score (nSPS) is 14.4. The van der Waals surface area contributed by atoms with Crippen molar-refractivity contribution in [1.82, 2.24) is 34.4 Å². The Morgan fingerprint density at radius 2 is 1.98 bits per heavy atom. The van der Waals surface area contributed by atoms with Gasteiger partial charge in [0.25, 0.3) is 0 Å². The highest BCUT2D eigenvalue weighted by molar-refractivity contribution is 7.17. The van der Waals surface area contributed by atoms with Gasteiger partial charge in [0, 0.05) is 51.3 Å². The first-order valence-corrected chi connectivity index (χ1v) is 14.3. The van der Waals surface area contributed by atoms with Gasteiger partial charge in [-0.3, -0.25) is 19.1 Å². The van der Waals surface area contributed by atoms with Crippen LogP contribution in [-0.4, -0.2) is 81.1 Å². The number of thiazole rings is 1. The van der Waals surface area contributed by atoms with Crippen LogP contribution in [0.15, 0.2) is 45.8 Å². The Balaban J connectivity index is 1.11. The second-order valence-corrected chi connectivity index (χ2v) is 10.9. The Hall–Kier alpha value is -4.14. The molecule has 5 heterocycles. The second-order valence-electron chi connectivity index (χ2n) is 9.92. The minimum absolute atomic E-state index is 0.0503. The van der Waals surface area contributed by atoms with E-state index in [-0.39, 0.29) is 22.4 Å². The number of fused-ring (bicyclic) bond motifs is 3. The fraction of sp³-hybridized carbons (Fsp3) is 0.370. The molecule has 0 aliphatic carbocycles. The SMILES string of the molecule is CNCCCC(=O)c1ccc(N2CCN(CCn3c(=O)sc4c3nc(N)n3nc(-c5ccco5)nc43)CC2)c(F)c1. The Labute approximate surface area is 238 Å². The number of benzene rings is 1. The van der Waals surface area contributed by atoms with E-state index in [0.29, 0.717) is 84.5 Å². The van der Waals surface area contributed by atoms with Gasteiger partial charge in [0.1, 0.15) is 10.5 Å². The van der Waals surface area contributed by atoms with Crippen LogP contribution in [0, 0.1) is 5.82 Å². The molecule has 0 radical (unpaired) electrons. The number of halogens is 1. The standard InChI is InChI=1S/C27H30FN9O3S/c1-30-8-2-4-20(38)17-6-7-19(18(28)16-17)35-12-9-34(10-13-35)11-14-36-24-22(41-27(36)39)25-31-23(21-5-3-15-40-21)33-37(25)26(29)32-24/h3,5-7,15-16,30H,2,4,8-14H2,1H3,(H2,29,32). The molecular formula is C27H30FN9O3S. The molecule has 0 amide bonds. The monoisotopic (exact) mass is 579 g/mol. The summed E-state index contributed by atoms with van der Waals surface area (Å²) in [5.74, 6) is 0.560. The van der Waals surface area contributed by atoms with Crippen molar-refractivity contribution in [3.05, 3.63) is 57.6 Å². The first-order valence-electron chi connectivity index (χ1n) is 13.5. The van der Waals surface area contributed by atoms with Crippen molar-refractivity contribution < 1.29 is 13.6 Å². The van der Waals surface area contributed by atoms with E-state index in [1.54, 1.807) is 28.8 Å². The quantitative estimate of drug-likeness (QED) is 0.187. The molecule has 1 fully saturated rings. The zero-order valence-electron chi connectivity index (χ0n) is 22.5. The zero-order chi connectivity index (χ0) is 28.5. The van der Waals surface area contributed by atoms with E-state index in [4.69, 9.17) is 10.2 Å². The Morgan fingerprint density at radius 1 is 1.15 bits per heavy atom. The second kappa shape index (κ2) is 11.4. The molecule has 0 spiro atoms. The van der Waals surface area contributed by atoms with Gasteiger partial charge in [-0.2, -0.15) is 9.50 Å². The van der Waals surface area contributed by atoms with Crippen molar-refractivity contribution in [2.75, 3.05) is 56.9 Å². The number of nitrogen functional groups attached to an aromatic ring is 1. The van der Waals surface area contributed by atoms with E-state index in [1.165, 1.54) is 16.8 Å². The van der Waals surface area contributed by atoms with Crippen molar-refractivity contribution in [2.24, 2.45) is 0 Å². The summed E-state index contributed by atoms with van der Waals surface area (Å²) in [6, 6.07) is 8.26. The summed E-state index contributed by atoms with van der Waals surface area (Å²) in [5.41, 5.74) is 8.03. The molecule has 1 aromatic carbocycles. The summed E-state index contributed by atoms with van der Waals surface area (Å²) in [6.45, 7) is 4.48. The number of furan rings is 1. The third kappa shape index (κ3) is 5.33.